The first kappa shape index (κ1) is 22.2. The Morgan fingerprint density at radius 2 is 1.54 bits per heavy atom. The van der Waals surface area contributed by atoms with Crippen LogP contribution in [0, 0.1) is 5.82 Å². The molecule has 0 aromatic heterocycles. The zero-order valence-corrected chi connectivity index (χ0v) is 19.0. The number of amides is 2. The number of anilines is 2. The number of hydrogen-bond donors (Lipinski definition) is 1. The normalized spacial score (nSPS) is 13.5. The molecule has 0 atom stereocenters. The largest absolute Gasteiger partial charge is 0.497 e. The van der Waals surface area contributed by atoms with Gasteiger partial charge in [-0.1, -0.05) is 48.5 Å². The van der Waals surface area contributed by atoms with Crippen LogP contribution >= 0.6 is 0 Å². The Labute approximate surface area is 201 Å². The molecule has 1 N–H and O–H groups in total. The van der Waals surface area contributed by atoms with Crippen LogP contribution in [0.15, 0.2) is 90.6 Å². The summed E-state index contributed by atoms with van der Waals surface area (Å²) < 4.78 is 24.3. The molecule has 1 aliphatic heterocycles. The van der Waals surface area contributed by atoms with E-state index in [1.807, 2.05) is 42.5 Å². The summed E-state index contributed by atoms with van der Waals surface area (Å²) >= 11 is 0. The van der Waals surface area contributed by atoms with Gasteiger partial charge in [0, 0.05) is 17.1 Å². The lowest BCUT2D eigenvalue weighted by Crippen LogP contribution is -2.32. The number of methoxy groups -OCH3 is 2. The highest BCUT2D eigenvalue weighted by atomic mass is 19.1. The van der Waals surface area contributed by atoms with Gasteiger partial charge in [0.05, 0.1) is 25.5 Å². The molecule has 0 saturated heterocycles. The number of imide groups is 1. The van der Waals surface area contributed by atoms with E-state index in [2.05, 4.69) is 5.32 Å². The number of nitrogens with one attached hydrogen (secondary N) is 1. The summed E-state index contributed by atoms with van der Waals surface area (Å²) in [5.74, 6) is -0.719. The number of nitrogens with zero attached hydrogens (tertiary/aromatic N) is 1. The van der Waals surface area contributed by atoms with Crippen molar-refractivity contribution in [3.63, 3.8) is 0 Å². The fourth-order valence-corrected chi connectivity index (χ4v) is 4.19. The Balaban J connectivity index is 1.66. The lowest BCUT2D eigenvalue weighted by Gasteiger charge is -2.19. The Bertz CT molecular complexity index is 1490. The number of benzene rings is 4. The monoisotopic (exact) mass is 468 g/mol. The Morgan fingerprint density at radius 1 is 0.800 bits per heavy atom. The van der Waals surface area contributed by atoms with E-state index < -0.39 is 17.6 Å². The van der Waals surface area contributed by atoms with Gasteiger partial charge in [0.25, 0.3) is 11.8 Å². The molecule has 5 rings (SSSR count). The third-order valence-corrected chi connectivity index (χ3v) is 5.89. The van der Waals surface area contributed by atoms with Gasteiger partial charge in [0.1, 0.15) is 23.0 Å². The highest BCUT2D eigenvalue weighted by molar-refractivity contribution is 6.46. The smallest absolute Gasteiger partial charge is 0.282 e. The predicted molar refractivity (Wildman–Crippen MR) is 133 cm³/mol. The van der Waals surface area contributed by atoms with Crippen LogP contribution in [0.25, 0.3) is 16.3 Å². The van der Waals surface area contributed by atoms with E-state index >= 15 is 0 Å². The Kier molecular flexibility index (Phi) is 5.66. The molecule has 0 saturated carbocycles. The van der Waals surface area contributed by atoms with Gasteiger partial charge in [0.15, 0.2) is 0 Å². The molecule has 7 heteroatoms. The lowest BCUT2D eigenvalue weighted by atomic mass is 10.0. The number of carbonyl (C=O) groups excluding carboxylic acids is 2. The van der Waals surface area contributed by atoms with Crippen LogP contribution in [0.5, 0.6) is 11.5 Å². The number of rotatable bonds is 6. The van der Waals surface area contributed by atoms with Crippen molar-refractivity contribution in [2.75, 3.05) is 24.4 Å². The third-order valence-electron chi connectivity index (χ3n) is 5.89. The number of ether oxygens (including phenoxy) is 2. The molecule has 0 radical (unpaired) electrons. The summed E-state index contributed by atoms with van der Waals surface area (Å²) in [4.78, 5) is 28.5. The van der Waals surface area contributed by atoms with Crippen LogP contribution < -0.4 is 19.7 Å². The van der Waals surface area contributed by atoms with Crippen LogP contribution in [0.3, 0.4) is 0 Å². The zero-order chi connectivity index (χ0) is 24.5. The van der Waals surface area contributed by atoms with Gasteiger partial charge in [-0.2, -0.15) is 0 Å². The lowest BCUT2D eigenvalue weighted by molar-refractivity contribution is -0.120. The number of carbonyl (C=O) groups is 2. The highest BCUT2D eigenvalue weighted by Crippen LogP contribution is 2.40. The number of fused-ring (bicyclic) bond motifs is 1. The fourth-order valence-electron chi connectivity index (χ4n) is 4.19. The molecule has 1 heterocycles. The van der Waals surface area contributed by atoms with Crippen LogP contribution in [-0.2, 0) is 9.59 Å². The average Bonchev–Trinajstić information content (AvgIpc) is 3.13. The summed E-state index contributed by atoms with van der Waals surface area (Å²) in [6.07, 6.45) is 0. The fraction of sp³-hybridized carbons (Fsp3) is 0.0714. The van der Waals surface area contributed by atoms with Crippen molar-refractivity contribution in [3.8, 4) is 11.5 Å². The molecule has 4 aromatic rings. The second-order valence-electron chi connectivity index (χ2n) is 7.89. The summed E-state index contributed by atoms with van der Waals surface area (Å²) in [6.45, 7) is 0. The van der Waals surface area contributed by atoms with Gasteiger partial charge in [0.2, 0.25) is 0 Å². The van der Waals surface area contributed by atoms with Gasteiger partial charge >= 0.3 is 0 Å². The van der Waals surface area contributed by atoms with Crippen LogP contribution in [0.4, 0.5) is 15.8 Å². The van der Waals surface area contributed by atoms with Crippen LogP contribution in [-0.4, -0.2) is 26.0 Å². The minimum absolute atomic E-state index is 0.0934. The standard InChI is InChI=1S/C28H21FN2O4/c1-34-20-14-15-23(24(16-20)35-2)31-27(32)25(18-10-12-19(29)13-11-18)26(28(31)33)30-22-9-5-7-17-6-3-4-8-21(17)22/h3-16,30H,1-2H3. The summed E-state index contributed by atoms with van der Waals surface area (Å²) in [6, 6.07) is 23.7. The SMILES string of the molecule is COc1ccc(N2C(=O)C(Nc3cccc4ccccc34)=C(c3ccc(F)cc3)C2=O)c(OC)c1. The molecule has 0 spiro atoms. The van der Waals surface area contributed by atoms with Crippen LogP contribution in [0.1, 0.15) is 5.56 Å². The van der Waals surface area contributed by atoms with Crippen molar-refractivity contribution in [1.82, 2.24) is 0 Å². The third kappa shape index (κ3) is 3.87. The van der Waals surface area contributed by atoms with Crippen molar-refractivity contribution in [3.05, 3.63) is 102 Å². The summed E-state index contributed by atoms with van der Waals surface area (Å²) in [7, 11) is 2.97. The van der Waals surface area contributed by atoms with Crippen molar-refractivity contribution in [1.29, 1.82) is 0 Å². The van der Waals surface area contributed by atoms with Crippen molar-refractivity contribution in [2.45, 2.75) is 0 Å². The topological polar surface area (TPSA) is 67.9 Å². The number of hydrogen-bond acceptors (Lipinski definition) is 5. The van der Waals surface area contributed by atoms with Crippen LogP contribution in [0.2, 0.25) is 0 Å². The molecule has 6 nitrogen and oxygen atoms in total. The first-order valence-corrected chi connectivity index (χ1v) is 10.9. The molecule has 0 unspecified atom stereocenters. The molecule has 1 aliphatic rings. The highest BCUT2D eigenvalue weighted by Gasteiger charge is 2.41. The van der Waals surface area contributed by atoms with Gasteiger partial charge in [-0.15, -0.1) is 0 Å². The summed E-state index contributed by atoms with van der Waals surface area (Å²) in [5, 5.41) is 5.06. The second kappa shape index (κ2) is 8.95. The molecule has 4 aromatic carbocycles. The van der Waals surface area contributed by atoms with E-state index in [9.17, 15) is 14.0 Å². The van der Waals surface area contributed by atoms with Crippen molar-refractivity contribution < 1.29 is 23.5 Å². The zero-order valence-electron chi connectivity index (χ0n) is 19.0. The maximum atomic E-state index is 13.8. The molecule has 0 aliphatic carbocycles. The Morgan fingerprint density at radius 3 is 2.29 bits per heavy atom. The van der Waals surface area contributed by atoms with Crippen molar-refractivity contribution >= 4 is 39.5 Å². The molecule has 2 amide bonds. The van der Waals surface area contributed by atoms with Gasteiger partial charge in [-0.25, -0.2) is 9.29 Å². The molecular formula is C28H21FN2O4. The van der Waals surface area contributed by atoms with Gasteiger partial charge < -0.3 is 14.8 Å². The van der Waals surface area contributed by atoms with E-state index in [-0.39, 0.29) is 17.0 Å². The first-order chi connectivity index (χ1) is 17.0. The maximum Gasteiger partial charge on any atom is 0.282 e. The minimum Gasteiger partial charge on any atom is -0.497 e. The Hall–Kier alpha value is -4.65. The minimum atomic E-state index is -0.550. The molecular weight excluding hydrogens is 447 g/mol. The van der Waals surface area contributed by atoms with E-state index in [1.54, 1.807) is 18.2 Å². The predicted octanol–water partition coefficient (Wildman–Crippen LogP) is 5.39. The van der Waals surface area contributed by atoms with Crippen molar-refractivity contribution in [2.24, 2.45) is 0 Å². The molecule has 0 fully saturated rings. The number of halogens is 1. The molecule has 35 heavy (non-hydrogen) atoms. The average molecular weight is 468 g/mol. The second-order valence-corrected chi connectivity index (χ2v) is 7.89. The van der Waals surface area contributed by atoms with Gasteiger partial charge in [-0.05, 0) is 41.3 Å². The van der Waals surface area contributed by atoms with E-state index in [4.69, 9.17) is 9.47 Å². The quantitative estimate of drug-likeness (QED) is 0.384. The van der Waals surface area contributed by atoms with E-state index in [0.29, 0.717) is 22.7 Å². The van der Waals surface area contributed by atoms with E-state index in [1.165, 1.54) is 38.5 Å². The first-order valence-electron chi connectivity index (χ1n) is 10.9. The van der Waals surface area contributed by atoms with Gasteiger partial charge in [-0.3, -0.25) is 9.59 Å². The molecule has 174 valence electrons. The van der Waals surface area contributed by atoms with E-state index in [0.717, 1.165) is 15.7 Å². The summed E-state index contributed by atoms with van der Waals surface area (Å²) in [5.41, 5.74) is 1.60. The molecule has 0 bridgehead atoms. The maximum absolute atomic E-state index is 13.8.